The van der Waals surface area contributed by atoms with Crippen LogP contribution < -0.4 is 11.1 Å². The number of aromatic nitrogens is 2. The van der Waals surface area contributed by atoms with E-state index in [2.05, 4.69) is 31.0 Å². The molecule has 178 valence electrons. The summed E-state index contributed by atoms with van der Waals surface area (Å²) in [5, 5.41) is 6.16. The molecule has 0 saturated carbocycles. The van der Waals surface area contributed by atoms with Gasteiger partial charge in [0.25, 0.3) is 0 Å². The van der Waals surface area contributed by atoms with Crippen molar-refractivity contribution in [3.05, 3.63) is 56.8 Å². The van der Waals surface area contributed by atoms with Gasteiger partial charge in [0, 0.05) is 38.6 Å². The van der Waals surface area contributed by atoms with Gasteiger partial charge in [-0.25, -0.2) is 9.97 Å². The Kier molecular flexibility index (Phi) is 9.45. The Bertz CT molecular complexity index is 1060. The van der Waals surface area contributed by atoms with Crippen LogP contribution in [-0.4, -0.2) is 40.5 Å². The first kappa shape index (κ1) is 25.8. The van der Waals surface area contributed by atoms with Crippen LogP contribution >= 0.6 is 34.8 Å². The number of rotatable bonds is 11. The van der Waals surface area contributed by atoms with Gasteiger partial charge in [0.2, 0.25) is 0 Å². The van der Waals surface area contributed by atoms with E-state index in [-0.39, 0.29) is 6.04 Å². The Hall–Kier alpha value is -1.79. The van der Waals surface area contributed by atoms with Gasteiger partial charge < -0.3 is 16.0 Å². The van der Waals surface area contributed by atoms with Gasteiger partial charge in [0.05, 0.1) is 5.52 Å². The predicted octanol–water partition coefficient (Wildman–Crippen LogP) is 6.88. The molecule has 3 aromatic rings. The second-order valence-electron chi connectivity index (χ2n) is 8.33. The summed E-state index contributed by atoms with van der Waals surface area (Å²) >= 11 is 18.8. The molecular formula is C25H32Cl3N5. The van der Waals surface area contributed by atoms with Crippen LogP contribution in [0.5, 0.6) is 0 Å². The Morgan fingerprint density at radius 1 is 1.00 bits per heavy atom. The molecule has 0 spiro atoms. The van der Waals surface area contributed by atoms with Crippen molar-refractivity contribution in [1.29, 1.82) is 0 Å². The summed E-state index contributed by atoms with van der Waals surface area (Å²) in [4.78, 5) is 12.1. The van der Waals surface area contributed by atoms with Crippen LogP contribution in [0.3, 0.4) is 0 Å². The van der Waals surface area contributed by atoms with Gasteiger partial charge >= 0.3 is 0 Å². The first-order valence-corrected chi connectivity index (χ1v) is 12.6. The number of aryl methyl sites for hydroxylation is 1. The number of fused-ring (bicyclic) bond motifs is 1. The topological polar surface area (TPSA) is 67.1 Å². The van der Waals surface area contributed by atoms with Crippen molar-refractivity contribution in [2.75, 3.05) is 30.7 Å². The molecule has 2 aromatic carbocycles. The number of nitrogens with zero attached hydrogens (tertiary/aromatic N) is 3. The van der Waals surface area contributed by atoms with Crippen molar-refractivity contribution in [3.8, 4) is 0 Å². The van der Waals surface area contributed by atoms with Crippen molar-refractivity contribution in [3.63, 3.8) is 0 Å². The number of nitrogens with one attached hydrogen (secondary N) is 1. The monoisotopic (exact) mass is 507 g/mol. The second-order valence-corrected chi connectivity index (χ2v) is 9.58. The average Bonchev–Trinajstić information content (AvgIpc) is 2.76. The minimum absolute atomic E-state index is 0.271. The number of anilines is 2. The Morgan fingerprint density at radius 3 is 2.36 bits per heavy atom. The van der Waals surface area contributed by atoms with Crippen molar-refractivity contribution >= 4 is 57.2 Å². The molecule has 8 heteroatoms. The van der Waals surface area contributed by atoms with Gasteiger partial charge in [-0.1, -0.05) is 48.7 Å². The molecular weight excluding hydrogens is 477 g/mol. The molecule has 0 saturated heterocycles. The molecule has 1 atom stereocenters. The minimum Gasteiger partial charge on any atom is -0.399 e. The van der Waals surface area contributed by atoms with E-state index in [4.69, 9.17) is 50.5 Å². The highest BCUT2D eigenvalue weighted by Crippen LogP contribution is 2.30. The van der Waals surface area contributed by atoms with Gasteiger partial charge in [-0.05, 0) is 81.7 Å². The van der Waals surface area contributed by atoms with Crippen LogP contribution in [0, 0.1) is 0 Å². The summed E-state index contributed by atoms with van der Waals surface area (Å²) in [7, 11) is 0. The number of nitrogens with two attached hydrogens (primary N) is 1. The maximum Gasteiger partial charge on any atom is 0.137 e. The first-order chi connectivity index (χ1) is 15.8. The molecule has 0 aliphatic carbocycles. The summed E-state index contributed by atoms with van der Waals surface area (Å²) in [6.07, 6.45) is 3.40. The molecule has 0 radical (unpaired) electrons. The number of hydrogen-bond acceptors (Lipinski definition) is 5. The fourth-order valence-corrected chi connectivity index (χ4v) is 4.94. The van der Waals surface area contributed by atoms with Gasteiger partial charge in [0.1, 0.15) is 11.6 Å². The third-order valence-corrected chi connectivity index (χ3v) is 6.75. The SMILES string of the molecule is CCN(CC)CCCC(C)Nc1nc(CCc2c(Cl)cc(Cl)cc2Cl)nc2ccc(N)cc12. The van der Waals surface area contributed by atoms with Crippen molar-refractivity contribution < 1.29 is 0 Å². The molecule has 0 amide bonds. The molecule has 1 unspecified atom stereocenters. The van der Waals surface area contributed by atoms with E-state index in [1.807, 2.05) is 18.2 Å². The number of nitrogen functional groups attached to an aromatic ring is 1. The summed E-state index contributed by atoms with van der Waals surface area (Å²) in [5.74, 6) is 1.54. The van der Waals surface area contributed by atoms with E-state index >= 15 is 0 Å². The fraction of sp³-hybridized carbons (Fsp3) is 0.440. The molecule has 33 heavy (non-hydrogen) atoms. The third-order valence-electron chi connectivity index (χ3n) is 5.86. The number of hydrogen-bond donors (Lipinski definition) is 2. The number of benzene rings is 2. The Labute approximate surface area is 211 Å². The Balaban J connectivity index is 1.78. The van der Waals surface area contributed by atoms with E-state index in [1.165, 1.54) is 0 Å². The minimum atomic E-state index is 0.271. The first-order valence-electron chi connectivity index (χ1n) is 11.5. The van der Waals surface area contributed by atoms with Crippen molar-refractivity contribution in [2.45, 2.75) is 52.5 Å². The van der Waals surface area contributed by atoms with Crippen LogP contribution in [0.15, 0.2) is 30.3 Å². The molecule has 3 N–H and O–H groups in total. The zero-order chi connectivity index (χ0) is 24.0. The normalized spacial score (nSPS) is 12.5. The van der Waals surface area contributed by atoms with Gasteiger partial charge in [0.15, 0.2) is 0 Å². The van der Waals surface area contributed by atoms with Crippen LogP contribution in [0.25, 0.3) is 10.9 Å². The summed E-state index contributed by atoms with van der Waals surface area (Å²) in [6, 6.07) is 9.42. The second kappa shape index (κ2) is 12.1. The average molecular weight is 509 g/mol. The zero-order valence-electron chi connectivity index (χ0n) is 19.5. The van der Waals surface area contributed by atoms with Gasteiger partial charge in [-0.15, -0.1) is 0 Å². The van der Waals surface area contributed by atoms with Crippen molar-refractivity contribution in [1.82, 2.24) is 14.9 Å². The van der Waals surface area contributed by atoms with Crippen LogP contribution in [-0.2, 0) is 12.8 Å². The third kappa shape index (κ3) is 7.10. The highest BCUT2D eigenvalue weighted by atomic mass is 35.5. The summed E-state index contributed by atoms with van der Waals surface area (Å²) in [6.45, 7) is 9.86. The summed E-state index contributed by atoms with van der Waals surface area (Å²) in [5.41, 5.74) is 8.46. The quantitative estimate of drug-likeness (QED) is 0.276. The smallest absolute Gasteiger partial charge is 0.137 e. The van der Waals surface area contributed by atoms with Crippen LogP contribution in [0.2, 0.25) is 15.1 Å². The molecule has 0 aliphatic rings. The fourth-order valence-electron chi connectivity index (χ4n) is 3.93. The predicted molar refractivity (Wildman–Crippen MR) is 143 cm³/mol. The van der Waals surface area contributed by atoms with E-state index in [1.54, 1.807) is 12.1 Å². The van der Waals surface area contributed by atoms with E-state index in [0.29, 0.717) is 33.6 Å². The molecule has 5 nitrogen and oxygen atoms in total. The molecule has 0 aliphatic heterocycles. The highest BCUT2D eigenvalue weighted by Gasteiger charge is 2.14. The van der Waals surface area contributed by atoms with E-state index in [9.17, 15) is 0 Å². The zero-order valence-corrected chi connectivity index (χ0v) is 21.7. The van der Waals surface area contributed by atoms with E-state index in [0.717, 1.165) is 60.6 Å². The van der Waals surface area contributed by atoms with E-state index < -0.39 is 0 Å². The highest BCUT2D eigenvalue weighted by molar-refractivity contribution is 6.39. The lowest BCUT2D eigenvalue weighted by Crippen LogP contribution is -2.26. The summed E-state index contributed by atoms with van der Waals surface area (Å²) < 4.78 is 0. The lowest BCUT2D eigenvalue weighted by atomic mass is 10.1. The molecule has 1 aromatic heterocycles. The molecule has 3 rings (SSSR count). The number of halogens is 3. The van der Waals surface area contributed by atoms with Crippen LogP contribution in [0.4, 0.5) is 11.5 Å². The standard InChI is InChI=1S/C25H32Cl3N5/c1-4-33(5-2)12-6-7-16(3)30-25-20-15-18(29)8-10-23(20)31-24(32-25)11-9-19-21(27)13-17(26)14-22(19)28/h8,10,13-16H,4-7,9,11-12,29H2,1-3H3,(H,30,31,32). The van der Waals surface area contributed by atoms with Crippen LogP contribution in [0.1, 0.15) is 45.0 Å². The maximum atomic E-state index is 6.37. The van der Waals surface area contributed by atoms with Gasteiger partial charge in [-0.2, -0.15) is 0 Å². The largest absolute Gasteiger partial charge is 0.399 e. The van der Waals surface area contributed by atoms with Crippen molar-refractivity contribution in [2.24, 2.45) is 0 Å². The molecule has 0 fully saturated rings. The molecule has 1 heterocycles. The lowest BCUT2D eigenvalue weighted by molar-refractivity contribution is 0.295. The Morgan fingerprint density at radius 2 is 1.70 bits per heavy atom. The molecule has 0 bridgehead atoms. The maximum absolute atomic E-state index is 6.37. The van der Waals surface area contributed by atoms with Gasteiger partial charge in [-0.3, -0.25) is 0 Å². The lowest BCUT2D eigenvalue weighted by Gasteiger charge is -2.20.